The third-order valence-corrected chi connectivity index (χ3v) is 5.93. The van der Waals surface area contributed by atoms with Gasteiger partial charge in [0.1, 0.15) is 11.2 Å². The predicted molar refractivity (Wildman–Crippen MR) is 110 cm³/mol. The van der Waals surface area contributed by atoms with Crippen molar-refractivity contribution in [2.75, 3.05) is 16.8 Å². The van der Waals surface area contributed by atoms with Gasteiger partial charge >= 0.3 is 0 Å². The summed E-state index contributed by atoms with van der Waals surface area (Å²) in [5.74, 6) is -0.454. The largest absolute Gasteiger partial charge is 0.334 e. The SMILES string of the molecule is CC12CCCCN1C(=S)N(c1ccc(NC(=O)c3cnccn3)cc1Cl)C2=O. The Balaban J connectivity index is 1.59. The van der Waals surface area contributed by atoms with E-state index in [1.54, 1.807) is 18.2 Å². The second kappa shape index (κ2) is 7.10. The fourth-order valence-electron chi connectivity index (χ4n) is 3.69. The van der Waals surface area contributed by atoms with E-state index >= 15 is 0 Å². The van der Waals surface area contributed by atoms with Gasteiger partial charge in [0, 0.05) is 24.6 Å². The van der Waals surface area contributed by atoms with Crippen molar-refractivity contribution in [3.63, 3.8) is 0 Å². The van der Waals surface area contributed by atoms with E-state index in [4.69, 9.17) is 23.8 Å². The number of rotatable bonds is 3. The first kappa shape index (κ1) is 18.8. The highest BCUT2D eigenvalue weighted by Crippen LogP contribution is 2.41. The number of carbonyl (C=O) groups is 2. The van der Waals surface area contributed by atoms with Crippen molar-refractivity contribution in [2.45, 2.75) is 31.7 Å². The quantitative estimate of drug-likeness (QED) is 0.775. The van der Waals surface area contributed by atoms with Crippen molar-refractivity contribution in [1.82, 2.24) is 14.9 Å². The molecule has 0 bridgehead atoms. The summed E-state index contributed by atoms with van der Waals surface area (Å²) in [6.45, 7) is 2.70. The third-order valence-electron chi connectivity index (χ3n) is 5.22. The molecule has 2 aliphatic heterocycles. The van der Waals surface area contributed by atoms with Crippen molar-refractivity contribution in [3.05, 3.63) is 47.5 Å². The van der Waals surface area contributed by atoms with Gasteiger partial charge in [-0.05, 0) is 56.6 Å². The summed E-state index contributed by atoms with van der Waals surface area (Å²) in [6.07, 6.45) is 7.09. The molecular formula is C19H18ClN5O2S. The molecular weight excluding hydrogens is 398 g/mol. The average Bonchev–Trinajstić information content (AvgIpc) is 2.89. The van der Waals surface area contributed by atoms with Crippen LogP contribution in [-0.2, 0) is 4.79 Å². The maximum atomic E-state index is 13.1. The smallest absolute Gasteiger partial charge is 0.275 e. The summed E-state index contributed by atoms with van der Waals surface area (Å²) < 4.78 is 0. The normalized spacial score (nSPS) is 21.6. The minimum atomic E-state index is -0.614. The van der Waals surface area contributed by atoms with Gasteiger partial charge in [-0.3, -0.25) is 19.5 Å². The van der Waals surface area contributed by atoms with E-state index in [0.717, 1.165) is 25.8 Å². The minimum absolute atomic E-state index is 0.0598. The summed E-state index contributed by atoms with van der Waals surface area (Å²) >= 11 is 12.0. The van der Waals surface area contributed by atoms with E-state index < -0.39 is 11.4 Å². The molecule has 2 amide bonds. The van der Waals surface area contributed by atoms with Crippen molar-refractivity contribution in [3.8, 4) is 0 Å². The maximum absolute atomic E-state index is 13.1. The Morgan fingerprint density at radius 1 is 1.32 bits per heavy atom. The van der Waals surface area contributed by atoms with E-state index in [9.17, 15) is 9.59 Å². The zero-order valence-corrected chi connectivity index (χ0v) is 16.8. The Kier molecular flexibility index (Phi) is 4.76. The number of fused-ring (bicyclic) bond motifs is 1. The molecule has 3 heterocycles. The van der Waals surface area contributed by atoms with Crippen LogP contribution in [-0.4, -0.2) is 43.9 Å². The lowest BCUT2D eigenvalue weighted by atomic mass is 9.89. The fourth-order valence-corrected chi connectivity index (χ4v) is 4.43. The Bertz CT molecular complexity index is 970. The second-order valence-corrected chi connectivity index (χ2v) is 7.79. The number of amides is 2. The van der Waals surface area contributed by atoms with Crippen molar-refractivity contribution in [2.24, 2.45) is 0 Å². The molecule has 0 radical (unpaired) electrons. The van der Waals surface area contributed by atoms with Crippen LogP contribution in [0, 0.1) is 0 Å². The van der Waals surface area contributed by atoms with Crippen LogP contribution in [0.1, 0.15) is 36.7 Å². The van der Waals surface area contributed by atoms with Gasteiger partial charge in [0.15, 0.2) is 5.11 Å². The van der Waals surface area contributed by atoms with Crippen LogP contribution in [0.25, 0.3) is 0 Å². The lowest BCUT2D eigenvalue weighted by molar-refractivity contribution is -0.125. The van der Waals surface area contributed by atoms with Crippen LogP contribution in [0.15, 0.2) is 36.8 Å². The minimum Gasteiger partial charge on any atom is -0.334 e. The maximum Gasteiger partial charge on any atom is 0.275 e. The van der Waals surface area contributed by atoms with Crippen LogP contribution >= 0.6 is 23.8 Å². The van der Waals surface area contributed by atoms with Crippen LogP contribution in [0.5, 0.6) is 0 Å². The van der Waals surface area contributed by atoms with E-state index in [0.29, 0.717) is 21.5 Å². The number of halogens is 1. The van der Waals surface area contributed by atoms with Gasteiger partial charge in [0.05, 0.1) is 16.9 Å². The van der Waals surface area contributed by atoms with Gasteiger partial charge in [0.25, 0.3) is 11.8 Å². The van der Waals surface area contributed by atoms with Crippen LogP contribution in [0.3, 0.4) is 0 Å². The number of carbonyl (C=O) groups excluding carboxylic acids is 2. The highest BCUT2D eigenvalue weighted by molar-refractivity contribution is 7.80. The number of hydrogen-bond donors (Lipinski definition) is 1. The van der Waals surface area contributed by atoms with Crippen molar-refractivity contribution >= 4 is 52.1 Å². The van der Waals surface area contributed by atoms with Gasteiger partial charge in [0.2, 0.25) is 0 Å². The predicted octanol–water partition coefficient (Wildman–Crippen LogP) is 3.26. The summed E-state index contributed by atoms with van der Waals surface area (Å²) in [5.41, 5.74) is 0.594. The zero-order chi connectivity index (χ0) is 19.9. The van der Waals surface area contributed by atoms with E-state index in [1.807, 2.05) is 11.8 Å². The highest BCUT2D eigenvalue weighted by atomic mass is 35.5. The van der Waals surface area contributed by atoms with Crippen molar-refractivity contribution in [1.29, 1.82) is 0 Å². The van der Waals surface area contributed by atoms with Gasteiger partial charge in [-0.2, -0.15) is 0 Å². The molecule has 144 valence electrons. The van der Waals surface area contributed by atoms with Gasteiger partial charge in [-0.1, -0.05) is 11.6 Å². The first-order valence-corrected chi connectivity index (χ1v) is 9.73. The molecule has 28 heavy (non-hydrogen) atoms. The first-order valence-electron chi connectivity index (χ1n) is 8.95. The highest BCUT2D eigenvalue weighted by Gasteiger charge is 2.53. The molecule has 2 saturated heterocycles. The van der Waals surface area contributed by atoms with E-state index in [1.165, 1.54) is 23.5 Å². The lowest BCUT2D eigenvalue weighted by Crippen LogP contribution is -2.49. The molecule has 2 fully saturated rings. The number of thiocarbonyl (C=S) groups is 1. The Hall–Kier alpha value is -2.58. The first-order chi connectivity index (χ1) is 13.4. The number of anilines is 2. The molecule has 0 saturated carbocycles. The molecule has 0 aliphatic carbocycles. The summed E-state index contributed by atoms with van der Waals surface area (Å²) in [4.78, 5) is 36.7. The molecule has 1 unspecified atom stereocenters. The van der Waals surface area contributed by atoms with Crippen LogP contribution in [0.2, 0.25) is 5.02 Å². The monoisotopic (exact) mass is 415 g/mol. The molecule has 7 nitrogen and oxygen atoms in total. The lowest BCUT2D eigenvalue weighted by Gasteiger charge is -2.36. The number of hydrogen-bond acceptors (Lipinski definition) is 5. The standard InChI is InChI=1S/C19H18ClN5O2S/c1-19-6-2-3-9-24(19)18(28)25(17(19)27)15-5-4-12(10-13(15)20)23-16(26)14-11-21-7-8-22-14/h4-5,7-8,10-11H,2-3,6,9H2,1H3,(H,23,26). The number of nitrogens with one attached hydrogen (secondary N) is 1. The molecule has 2 aliphatic rings. The number of piperidine rings is 1. The molecule has 0 spiro atoms. The summed E-state index contributed by atoms with van der Waals surface area (Å²) in [7, 11) is 0. The van der Waals surface area contributed by atoms with E-state index in [2.05, 4.69) is 15.3 Å². The van der Waals surface area contributed by atoms with Gasteiger partial charge in [-0.15, -0.1) is 0 Å². The molecule has 1 aromatic heterocycles. The Morgan fingerprint density at radius 3 is 2.82 bits per heavy atom. The van der Waals surface area contributed by atoms with Crippen LogP contribution in [0.4, 0.5) is 11.4 Å². The topological polar surface area (TPSA) is 78.4 Å². The van der Waals surface area contributed by atoms with E-state index in [-0.39, 0.29) is 11.6 Å². The fraction of sp³-hybridized carbons (Fsp3) is 0.316. The molecule has 1 atom stereocenters. The van der Waals surface area contributed by atoms with Gasteiger partial charge < -0.3 is 10.2 Å². The number of nitrogens with zero attached hydrogens (tertiary/aromatic N) is 4. The molecule has 9 heteroatoms. The van der Waals surface area contributed by atoms with Gasteiger partial charge in [-0.25, -0.2) is 4.98 Å². The summed E-state index contributed by atoms with van der Waals surface area (Å²) in [5, 5.41) is 3.53. The Labute approximate surface area is 172 Å². The molecule has 1 aromatic carbocycles. The van der Waals surface area contributed by atoms with Crippen LogP contribution < -0.4 is 10.2 Å². The number of aromatic nitrogens is 2. The molecule has 2 aromatic rings. The third kappa shape index (κ3) is 3.02. The summed E-state index contributed by atoms with van der Waals surface area (Å²) in [6, 6.07) is 4.98. The molecule has 4 rings (SSSR count). The Morgan fingerprint density at radius 2 is 2.14 bits per heavy atom. The average molecular weight is 416 g/mol. The number of benzene rings is 1. The molecule has 1 N–H and O–H groups in total. The second-order valence-electron chi connectivity index (χ2n) is 7.02. The zero-order valence-electron chi connectivity index (χ0n) is 15.2. The van der Waals surface area contributed by atoms with Crippen molar-refractivity contribution < 1.29 is 9.59 Å².